The fourth-order valence-electron chi connectivity index (χ4n) is 1.42. The van der Waals surface area contributed by atoms with Crippen LogP contribution in [0.15, 0.2) is 30.2 Å². The summed E-state index contributed by atoms with van der Waals surface area (Å²) in [6, 6.07) is 1.97. The summed E-state index contributed by atoms with van der Waals surface area (Å²) in [7, 11) is 1.90. The van der Waals surface area contributed by atoms with Crippen LogP contribution >= 0.6 is 22.9 Å². The van der Waals surface area contributed by atoms with E-state index in [4.69, 9.17) is 11.6 Å². The van der Waals surface area contributed by atoms with Crippen molar-refractivity contribution in [1.82, 2.24) is 15.3 Å². The van der Waals surface area contributed by atoms with Crippen LogP contribution in [-0.4, -0.2) is 17.0 Å². The third-order valence-corrected chi connectivity index (χ3v) is 3.53. The Morgan fingerprint density at radius 3 is 2.67 bits per heavy atom. The number of thiophene rings is 1. The molecule has 15 heavy (non-hydrogen) atoms. The van der Waals surface area contributed by atoms with E-state index in [9.17, 15) is 0 Å². The molecule has 1 N–H and O–H groups in total. The summed E-state index contributed by atoms with van der Waals surface area (Å²) in [6.45, 7) is 0. The van der Waals surface area contributed by atoms with Crippen LogP contribution in [0.5, 0.6) is 0 Å². The molecule has 1 atom stereocenters. The molecule has 2 aromatic rings. The Hall–Kier alpha value is -0.970. The summed E-state index contributed by atoms with van der Waals surface area (Å²) < 4.78 is 0. The van der Waals surface area contributed by atoms with Gasteiger partial charge in [0.1, 0.15) is 6.33 Å². The standard InChI is InChI=1S/C10H10ClN3S/c1-12-9(7-4-13-6-14-5-7)10-8(11)2-3-15-10/h2-6,9,12H,1H3. The average molecular weight is 240 g/mol. The highest BCUT2D eigenvalue weighted by Crippen LogP contribution is 2.31. The molecule has 2 aromatic heterocycles. The summed E-state index contributed by atoms with van der Waals surface area (Å²) in [6.07, 6.45) is 5.11. The van der Waals surface area contributed by atoms with E-state index in [0.717, 1.165) is 15.5 Å². The number of aromatic nitrogens is 2. The van der Waals surface area contributed by atoms with E-state index in [1.54, 1.807) is 23.7 Å². The molecule has 5 heteroatoms. The minimum absolute atomic E-state index is 0.0682. The summed E-state index contributed by atoms with van der Waals surface area (Å²) in [5, 5.41) is 5.97. The number of halogens is 1. The topological polar surface area (TPSA) is 37.8 Å². The Kier molecular flexibility index (Phi) is 3.30. The molecule has 0 aliphatic heterocycles. The predicted octanol–water partition coefficient (Wildman–Crippen LogP) is 2.50. The molecule has 2 rings (SSSR count). The van der Waals surface area contributed by atoms with Crippen LogP contribution < -0.4 is 5.32 Å². The minimum atomic E-state index is 0.0682. The maximum absolute atomic E-state index is 6.09. The largest absolute Gasteiger partial charge is 0.309 e. The van der Waals surface area contributed by atoms with Crippen molar-refractivity contribution in [3.05, 3.63) is 45.6 Å². The number of rotatable bonds is 3. The van der Waals surface area contributed by atoms with Gasteiger partial charge in [-0.1, -0.05) is 11.6 Å². The molecule has 3 nitrogen and oxygen atoms in total. The SMILES string of the molecule is CNC(c1cncnc1)c1sccc1Cl. The van der Waals surface area contributed by atoms with Crippen molar-refractivity contribution >= 4 is 22.9 Å². The molecule has 78 valence electrons. The van der Waals surface area contributed by atoms with Gasteiger partial charge in [-0.05, 0) is 18.5 Å². The van der Waals surface area contributed by atoms with E-state index < -0.39 is 0 Å². The lowest BCUT2D eigenvalue weighted by atomic mass is 10.1. The molecule has 0 saturated heterocycles. The van der Waals surface area contributed by atoms with Crippen molar-refractivity contribution in [1.29, 1.82) is 0 Å². The van der Waals surface area contributed by atoms with E-state index in [1.165, 1.54) is 6.33 Å². The van der Waals surface area contributed by atoms with E-state index in [0.29, 0.717) is 0 Å². The number of hydrogen-bond acceptors (Lipinski definition) is 4. The van der Waals surface area contributed by atoms with Crippen LogP contribution in [-0.2, 0) is 0 Å². The zero-order valence-corrected chi connectivity index (χ0v) is 9.72. The van der Waals surface area contributed by atoms with Gasteiger partial charge in [0.15, 0.2) is 0 Å². The normalized spacial score (nSPS) is 12.7. The fraction of sp³-hybridized carbons (Fsp3) is 0.200. The van der Waals surface area contributed by atoms with Gasteiger partial charge in [-0.25, -0.2) is 9.97 Å². The third-order valence-electron chi connectivity index (χ3n) is 2.11. The molecule has 0 amide bonds. The van der Waals surface area contributed by atoms with Crippen LogP contribution in [0.2, 0.25) is 5.02 Å². The number of nitrogens with one attached hydrogen (secondary N) is 1. The van der Waals surface area contributed by atoms with Gasteiger partial charge in [0, 0.05) is 22.8 Å². The average Bonchev–Trinajstić information content (AvgIpc) is 2.68. The Morgan fingerprint density at radius 2 is 2.13 bits per heavy atom. The maximum atomic E-state index is 6.09. The first kappa shape index (κ1) is 10.5. The molecule has 0 spiro atoms. The van der Waals surface area contributed by atoms with Crippen molar-refractivity contribution in [3.8, 4) is 0 Å². The first-order valence-electron chi connectivity index (χ1n) is 4.48. The molecule has 1 unspecified atom stereocenters. The van der Waals surface area contributed by atoms with Gasteiger partial charge in [0.25, 0.3) is 0 Å². The first-order valence-corrected chi connectivity index (χ1v) is 5.73. The highest BCUT2D eigenvalue weighted by Gasteiger charge is 2.16. The van der Waals surface area contributed by atoms with Crippen LogP contribution in [0.25, 0.3) is 0 Å². The number of nitrogens with zero attached hydrogens (tertiary/aromatic N) is 2. The Morgan fingerprint density at radius 1 is 1.40 bits per heavy atom. The molecule has 0 aliphatic rings. The van der Waals surface area contributed by atoms with Crippen molar-refractivity contribution in [2.24, 2.45) is 0 Å². The summed E-state index contributed by atoms with van der Waals surface area (Å²) in [5.41, 5.74) is 1.02. The van der Waals surface area contributed by atoms with Gasteiger partial charge in [-0.15, -0.1) is 11.3 Å². The van der Waals surface area contributed by atoms with Crippen molar-refractivity contribution in [2.75, 3.05) is 7.05 Å². The smallest absolute Gasteiger partial charge is 0.115 e. The monoisotopic (exact) mass is 239 g/mol. The van der Waals surface area contributed by atoms with Crippen molar-refractivity contribution < 1.29 is 0 Å². The summed E-state index contributed by atoms with van der Waals surface area (Å²) >= 11 is 7.72. The second kappa shape index (κ2) is 4.70. The molecule has 0 aliphatic carbocycles. The highest BCUT2D eigenvalue weighted by molar-refractivity contribution is 7.10. The highest BCUT2D eigenvalue weighted by atomic mass is 35.5. The van der Waals surface area contributed by atoms with Gasteiger partial charge in [-0.2, -0.15) is 0 Å². The molecular formula is C10H10ClN3S. The molecule has 0 bridgehead atoms. The van der Waals surface area contributed by atoms with E-state index in [2.05, 4.69) is 15.3 Å². The third kappa shape index (κ3) is 2.17. The van der Waals surface area contributed by atoms with Crippen LogP contribution in [0.4, 0.5) is 0 Å². The molecule has 0 aromatic carbocycles. The lowest BCUT2D eigenvalue weighted by Gasteiger charge is -2.14. The van der Waals surface area contributed by atoms with Crippen molar-refractivity contribution in [2.45, 2.75) is 6.04 Å². The first-order chi connectivity index (χ1) is 7.33. The van der Waals surface area contributed by atoms with Crippen LogP contribution in [0.1, 0.15) is 16.5 Å². The molecular weight excluding hydrogens is 230 g/mol. The molecule has 0 saturated carbocycles. The molecule has 0 radical (unpaired) electrons. The van der Waals surface area contributed by atoms with Gasteiger partial charge in [-0.3, -0.25) is 0 Å². The lowest BCUT2D eigenvalue weighted by molar-refractivity contribution is 0.696. The molecule has 0 fully saturated rings. The zero-order chi connectivity index (χ0) is 10.7. The van der Waals surface area contributed by atoms with Crippen LogP contribution in [0.3, 0.4) is 0 Å². The predicted molar refractivity (Wildman–Crippen MR) is 62.3 cm³/mol. The van der Waals surface area contributed by atoms with E-state index >= 15 is 0 Å². The van der Waals surface area contributed by atoms with Gasteiger partial charge in [0.05, 0.1) is 11.1 Å². The van der Waals surface area contributed by atoms with E-state index in [1.807, 2.05) is 18.5 Å². The van der Waals surface area contributed by atoms with Gasteiger partial charge >= 0.3 is 0 Å². The zero-order valence-electron chi connectivity index (χ0n) is 8.14. The summed E-state index contributed by atoms with van der Waals surface area (Å²) in [5.74, 6) is 0. The van der Waals surface area contributed by atoms with E-state index in [-0.39, 0.29) is 6.04 Å². The van der Waals surface area contributed by atoms with Crippen LogP contribution in [0, 0.1) is 0 Å². The van der Waals surface area contributed by atoms with Gasteiger partial charge < -0.3 is 5.32 Å². The summed E-state index contributed by atoms with van der Waals surface area (Å²) in [4.78, 5) is 9.10. The Labute approximate surface area is 97.2 Å². The Balaban J connectivity index is 2.37. The lowest BCUT2D eigenvalue weighted by Crippen LogP contribution is -2.17. The number of hydrogen-bond donors (Lipinski definition) is 1. The Bertz CT molecular complexity index is 429. The maximum Gasteiger partial charge on any atom is 0.115 e. The van der Waals surface area contributed by atoms with Gasteiger partial charge in [0.2, 0.25) is 0 Å². The second-order valence-corrected chi connectivity index (χ2v) is 4.38. The second-order valence-electron chi connectivity index (χ2n) is 3.03. The quantitative estimate of drug-likeness (QED) is 0.895. The minimum Gasteiger partial charge on any atom is -0.309 e. The fourth-order valence-corrected chi connectivity index (χ4v) is 2.72. The molecule has 2 heterocycles. The van der Waals surface area contributed by atoms with Crippen molar-refractivity contribution in [3.63, 3.8) is 0 Å².